The minimum absolute atomic E-state index is 0.0180. The summed E-state index contributed by atoms with van der Waals surface area (Å²) in [4.78, 5) is 11.8. The molecule has 2 aromatic carbocycles. The lowest BCUT2D eigenvalue weighted by atomic mass is 9.84. The number of rotatable bonds is 7. The fraction of sp³-hybridized carbons (Fsp3) is 0.458. The third kappa shape index (κ3) is 3.96. The first kappa shape index (κ1) is 22.2. The summed E-state index contributed by atoms with van der Waals surface area (Å²) in [5.41, 5.74) is 1.81. The van der Waals surface area contributed by atoms with Crippen LogP contribution in [0.15, 0.2) is 36.4 Å². The van der Waals surface area contributed by atoms with Crippen LogP contribution in [0.3, 0.4) is 0 Å². The standard InChI is InChI=1S/C24H28O8/c1-13(25)31-24-21-16(22(32-24)14-6-8-17(26-2)19(10-14)28-4)12-30-23(21)15-7-9-18(27-3)20(11-15)29-5/h6-11,16,21-24H,12H2,1-5H3. The van der Waals surface area contributed by atoms with Gasteiger partial charge in [-0.25, -0.2) is 0 Å². The Morgan fingerprint density at radius 2 is 1.34 bits per heavy atom. The highest BCUT2D eigenvalue weighted by Crippen LogP contribution is 2.54. The van der Waals surface area contributed by atoms with Crippen molar-refractivity contribution in [1.82, 2.24) is 0 Å². The number of esters is 1. The first-order valence-corrected chi connectivity index (χ1v) is 10.4. The van der Waals surface area contributed by atoms with Crippen LogP contribution in [0.5, 0.6) is 23.0 Å². The highest BCUT2D eigenvalue weighted by Gasteiger charge is 2.55. The molecule has 0 N–H and O–H groups in total. The number of methoxy groups -OCH3 is 4. The second kappa shape index (κ2) is 9.26. The Morgan fingerprint density at radius 1 is 0.812 bits per heavy atom. The molecule has 2 saturated heterocycles. The first-order valence-electron chi connectivity index (χ1n) is 10.4. The summed E-state index contributed by atoms with van der Waals surface area (Å²) < 4.78 is 39.7. The van der Waals surface area contributed by atoms with E-state index in [1.807, 2.05) is 36.4 Å². The van der Waals surface area contributed by atoms with Crippen LogP contribution in [-0.2, 0) is 19.0 Å². The Balaban J connectivity index is 1.68. The van der Waals surface area contributed by atoms with Crippen molar-refractivity contribution in [3.8, 4) is 23.0 Å². The molecule has 0 bridgehead atoms. The molecule has 5 unspecified atom stereocenters. The summed E-state index contributed by atoms with van der Waals surface area (Å²) in [5, 5.41) is 0. The predicted octanol–water partition coefficient (Wildman–Crippen LogP) is 3.69. The normalized spacial score (nSPS) is 26.3. The van der Waals surface area contributed by atoms with Gasteiger partial charge in [0.25, 0.3) is 0 Å². The van der Waals surface area contributed by atoms with Gasteiger partial charge < -0.3 is 33.2 Å². The minimum Gasteiger partial charge on any atom is -0.493 e. The van der Waals surface area contributed by atoms with Crippen molar-refractivity contribution in [2.75, 3.05) is 35.0 Å². The molecule has 0 saturated carbocycles. The fourth-order valence-corrected chi connectivity index (χ4v) is 4.61. The lowest BCUT2D eigenvalue weighted by molar-refractivity contribution is -0.186. The van der Waals surface area contributed by atoms with Crippen molar-refractivity contribution in [3.63, 3.8) is 0 Å². The summed E-state index contributed by atoms with van der Waals surface area (Å²) in [6.07, 6.45) is -1.39. The van der Waals surface area contributed by atoms with Gasteiger partial charge in [-0.2, -0.15) is 0 Å². The highest BCUT2D eigenvalue weighted by molar-refractivity contribution is 5.66. The van der Waals surface area contributed by atoms with E-state index in [2.05, 4.69) is 0 Å². The zero-order chi connectivity index (χ0) is 22.8. The predicted molar refractivity (Wildman–Crippen MR) is 114 cm³/mol. The summed E-state index contributed by atoms with van der Waals surface area (Å²) in [5.74, 6) is 1.87. The van der Waals surface area contributed by atoms with Crippen molar-refractivity contribution in [2.45, 2.75) is 25.4 Å². The Hall–Kier alpha value is -2.97. The van der Waals surface area contributed by atoms with E-state index in [1.165, 1.54) is 6.92 Å². The number of ether oxygens (including phenoxy) is 7. The molecule has 172 valence electrons. The molecular weight excluding hydrogens is 416 g/mol. The molecule has 0 spiro atoms. The number of hydrogen-bond donors (Lipinski definition) is 0. The van der Waals surface area contributed by atoms with Crippen molar-refractivity contribution in [2.24, 2.45) is 11.8 Å². The molecule has 2 aliphatic heterocycles. The zero-order valence-electron chi connectivity index (χ0n) is 18.8. The SMILES string of the molecule is COc1ccc(C2OC(OC(C)=O)C3C(c4ccc(OC)c(OC)c4)OCC23)cc1OC. The molecule has 0 aliphatic carbocycles. The van der Waals surface area contributed by atoms with E-state index in [1.54, 1.807) is 28.4 Å². The molecule has 0 aromatic heterocycles. The fourth-order valence-electron chi connectivity index (χ4n) is 4.61. The first-order chi connectivity index (χ1) is 15.5. The topological polar surface area (TPSA) is 81.7 Å². The van der Waals surface area contributed by atoms with E-state index in [9.17, 15) is 4.79 Å². The number of hydrogen-bond acceptors (Lipinski definition) is 8. The molecule has 2 aliphatic rings. The number of carbonyl (C=O) groups is 1. The molecule has 0 radical (unpaired) electrons. The summed E-state index contributed by atoms with van der Waals surface area (Å²) in [6, 6.07) is 11.3. The van der Waals surface area contributed by atoms with Gasteiger partial charge in [0, 0.05) is 12.8 Å². The molecule has 2 fully saturated rings. The summed E-state index contributed by atoms with van der Waals surface area (Å²) in [6.45, 7) is 1.84. The van der Waals surface area contributed by atoms with Crippen LogP contribution in [0.25, 0.3) is 0 Å². The second-order valence-electron chi connectivity index (χ2n) is 7.76. The molecule has 4 rings (SSSR count). The third-order valence-electron chi connectivity index (χ3n) is 6.05. The van der Waals surface area contributed by atoms with E-state index < -0.39 is 12.3 Å². The maximum absolute atomic E-state index is 11.8. The molecule has 8 heteroatoms. The van der Waals surface area contributed by atoms with Crippen LogP contribution in [-0.4, -0.2) is 47.3 Å². The van der Waals surface area contributed by atoms with Gasteiger partial charge in [0.1, 0.15) is 0 Å². The van der Waals surface area contributed by atoms with E-state index in [0.29, 0.717) is 29.6 Å². The van der Waals surface area contributed by atoms with Crippen LogP contribution in [0.1, 0.15) is 30.3 Å². The Labute approximate surface area is 187 Å². The molecule has 2 aromatic rings. The van der Waals surface area contributed by atoms with Crippen LogP contribution >= 0.6 is 0 Å². The molecular formula is C24H28O8. The molecule has 5 atom stereocenters. The van der Waals surface area contributed by atoms with Crippen LogP contribution < -0.4 is 18.9 Å². The van der Waals surface area contributed by atoms with Crippen molar-refractivity contribution in [1.29, 1.82) is 0 Å². The lowest BCUT2D eigenvalue weighted by Crippen LogP contribution is -2.27. The number of fused-ring (bicyclic) bond motifs is 1. The molecule has 32 heavy (non-hydrogen) atoms. The van der Waals surface area contributed by atoms with Crippen LogP contribution in [0.4, 0.5) is 0 Å². The lowest BCUT2D eigenvalue weighted by Gasteiger charge is -2.23. The monoisotopic (exact) mass is 444 g/mol. The molecule has 2 heterocycles. The smallest absolute Gasteiger partial charge is 0.304 e. The van der Waals surface area contributed by atoms with Crippen molar-refractivity contribution < 1.29 is 38.0 Å². The average Bonchev–Trinajstić information content (AvgIpc) is 3.39. The summed E-state index contributed by atoms with van der Waals surface area (Å²) in [7, 11) is 6.37. The second-order valence-corrected chi connectivity index (χ2v) is 7.76. The quantitative estimate of drug-likeness (QED) is 0.598. The minimum atomic E-state index is -0.740. The van der Waals surface area contributed by atoms with Crippen molar-refractivity contribution >= 4 is 5.97 Å². The molecule has 8 nitrogen and oxygen atoms in total. The van der Waals surface area contributed by atoms with Gasteiger partial charge in [-0.3, -0.25) is 4.79 Å². The molecule has 0 amide bonds. The zero-order valence-corrected chi connectivity index (χ0v) is 18.8. The van der Waals surface area contributed by atoms with Gasteiger partial charge in [0.05, 0.1) is 53.2 Å². The van der Waals surface area contributed by atoms with Gasteiger partial charge in [-0.1, -0.05) is 12.1 Å². The Kier molecular flexibility index (Phi) is 6.43. The number of carbonyl (C=O) groups excluding carboxylic acids is 1. The van der Waals surface area contributed by atoms with Gasteiger partial charge in [-0.15, -0.1) is 0 Å². The van der Waals surface area contributed by atoms with Gasteiger partial charge in [0.2, 0.25) is 6.29 Å². The summed E-state index contributed by atoms with van der Waals surface area (Å²) >= 11 is 0. The van der Waals surface area contributed by atoms with Gasteiger partial charge >= 0.3 is 5.97 Å². The van der Waals surface area contributed by atoms with E-state index in [4.69, 9.17) is 33.2 Å². The average molecular weight is 444 g/mol. The van der Waals surface area contributed by atoms with E-state index in [-0.39, 0.29) is 24.0 Å². The van der Waals surface area contributed by atoms with Gasteiger partial charge in [-0.05, 0) is 35.4 Å². The van der Waals surface area contributed by atoms with Gasteiger partial charge in [0.15, 0.2) is 23.0 Å². The Morgan fingerprint density at radius 3 is 1.84 bits per heavy atom. The Bertz CT molecular complexity index is 921. The maximum atomic E-state index is 11.8. The van der Waals surface area contributed by atoms with Crippen LogP contribution in [0.2, 0.25) is 0 Å². The van der Waals surface area contributed by atoms with E-state index >= 15 is 0 Å². The highest BCUT2D eigenvalue weighted by atomic mass is 16.7. The largest absolute Gasteiger partial charge is 0.493 e. The van der Waals surface area contributed by atoms with E-state index in [0.717, 1.165) is 11.1 Å². The van der Waals surface area contributed by atoms with Crippen molar-refractivity contribution in [3.05, 3.63) is 47.5 Å². The number of benzene rings is 2. The van der Waals surface area contributed by atoms with Crippen LogP contribution in [0, 0.1) is 11.8 Å². The maximum Gasteiger partial charge on any atom is 0.304 e. The third-order valence-corrected chi connectivity index (χ3v) is 6.05.